The number of ether oxygens (including phenoxy) is 1. The molecule has 1 heterocycles. The summed E-state index contributed by atoms with van der Waals surface area (Å²) >= 11 is 0. The van der Waals surface area contributed by atoms with E-state index in [0.29, 0.717) is 5.44 Å². The summed E-state index contributed by atoms with van der Waals surface area (Å²) in [5.41, 5.74) is 5.80. The third-order valence-corrected chi connectivity index (χ3v) is 9.06. The highest BCUT2D eigenvalue weighted by Gasteiger charge is 2.38. The van der Waals surface area contributed by atoms with Gasteiger partial charge in [-0.3, -0.25) is 4.57 Å². The summed E-state index contributed by atoms with van der Waals surface area (Å²) in [6.07, 6.45) is 0. The summed E-state index contributed by atoms with van der Waals surface area (Å²) in [4.78, 5) is 0. The lowest BCUT2D eigenvalue weighted by atomic mass is 9.86. The SMILES string of the molecule is CCOP(=O)(OCC)c1c2ccccc2c(C(c2ccccc2)c2ccc(OC)cc2)n1-c1ccc(C)cc1. The number of methoxy groups -OCH3 is 1. The van der Waals surface area contributed by atoms with Gasteiger partial charge in [0.15, 0.2) is 0 Å². The topological polar surface area (TPSA) is 49.7 Å². The minimum Gasteiger partial charge on any atom is -0.497 e. The van der Waals surface area contributed by atoms with Crippen molar-refractivity contribution in [2.75, 3.05) is 20.3 Å². The first-order valence-corrected chi connectivity index (χ1v) is 14.8. The number of benzene rings is 4. The first kappa shape index (κ1) is 27.0. The summed E-state index contributed by atoms with van der Waals surface area (Å²) in [6, 6.07) is 35.0. The Morgan fingerprint density at radius 2 is 1.28 bits per heavy atom. The Hall–Kier alpha value is -3.63. The van der Waals surface area contributed by atoms with Gasteiger partial charge < -0.3 is 18.4 Å². The second-order valence-electron chi connectivity index (χ2n) is 9.38. The monoisotopic (exact) mass is 539 g/mol. The average molecular weight is 540 g/mol. The van der Waals surface area contributed by atoms with Gasteiger partial charge in [-0.15, -0.1) is 0 Å². The van der Waals surface area contributed by atoms with Crippen LogP contribution in [0.4, 0.5) is 0 Å². The van der Waals surface area contributed by atoms with E-state index in [1.807, 2.05) is 50.2 Å². The van der Waals surface area contributed by atoms with Crippen molar-refractivity contribution in [2.24, 2.45) is 0 Å². The Kier molecular flexibility index (Phi) is 8.04. The predicted molar refractivity (Wildman–Crippen MR) is 159 cm³/mol. The van der Waals surface area contributed by atoms with Crippen LogP contribution in [-0.2, 0) is 13.6 Å². The van der Waals surface area contributed by atoms with E-state index in [4.69, 9.17) is 13.8 Å². The fourth-order valence-electron chi connectivity index (χ4n) is 5.22. The highest BCUT2D eigenvalue weighted by molar-refractivity contribution is 7.62. The first-order chi connectivity index (χ1) is 19.0. The molecule has 4 aromatic carbocycles. The zero-order valence-electron chi connectivity index (χ0n) is 22.8. The van der Waals surface area contributed by atoms with Crippen LogP contribution >= 0.6 is 7.60 Å². The normalized spacial score (nSPS) is 12.5. The molecule has 0 saturated carbocycles. The minimum absolute atomic E-state index is 0.172. The molecule has 200 valence electrons. The molecule has 0 radical (unpaired) electrons. The maximum Gasteiger partial charge on any atom is 0.378 e. The Morgan fingerprint density at radius 3 is 1.87 bits per heavy atom. The third-order valence-electron chi connectivity index (χ3n) is 6.90. The average Bonchev–Trinajstić information content (AvgIpc) is 3.30. The molecule has 0 aliphatic rings. The van der Waals surface area contributed by atoms with E-state index in [-0.39, 0.29) is 19.1 Å². The van der Waals surface area contributed by atoms with Gasteiger partial charge in [0.05, 0.1) is 26.2 Å². The van der Waals surface area contributed by atoms with Crippen LogP contribution in [0.1, 0.15) is 42.1 Å². The van der Waals surface area contributed by atoms with E-state index in [1.165, 1.54) is 0 Å². The molecular formula is C33H34NO4P. The second kappa shape index (κ2) is 11.6. The lowest BCUT2D eigenvalue weighted by Crippen LogP contribution is -2.23. The molecule has 1 unspecified atom stereocenters. The largest absolute Gasteiger partial charge is 0.497 e. The summed E-state index contributed by atoms with van der Waals surface area (Å²) in [5.74, 6) is 0.621. The molecule has 5 nitrogen and oxygen atoms in total. The van der Waals surface area contributed by atoms with Gasteiger partial charge >= 0.3 is 7.60 Å². The summed E-state index contributed by atoms with van der Waals surface area (Å²) in [6.45, 7) is 6.28. The zero-order valence-corrected chi connectivity index (χ0v) is 23.7. The summed E-state index contributed by atoms with van der Waals surface area (Å²) in [5, 5.41) is 1.85. The Morgan fingerprint density at radius 1 is 0.718 bits per heavy atom. The van der Waals surface area contributed by atoms with Crippen LogP contribution in [0.25, 0.3) is 16.5 Å². The molecule has 6 heteroatoms. The van der Waals surface area contributed by atoms with Crippen molar-refractivity contribution in [3.05, 3.63) is 126 Å². The maximum atomic E-state index is 14.6. The lowest BCUT2D eigenvalue weighted by Gasteiger charge is -2.25. The molecule has 5 rings (SSSR count). The number of hydrogen-bond acceptors (Lipinski definition) is 4. The summed E-state index contributed by atoms with van der Waals surface area (Å²) < 4.78 is 34.1. The van der Waals surface area contributed by atoms with Gasteiger partial charge in [0, 0.05) is 22.2 Å². The van der Waals surface area contributed by atoms with E-state index < -0.39 is 7.60 Å². The molecule has 39 heavy (non-hydrogen) atoms. The molecule has 0 bridgehead atoms. The van der Waals surface area contributed by atoms with Crippen LogP contribution in [0, 0.1) is 6.92 Å². The van der Waals surface area contributed by atoms with Gasteiger partial charge in [0.1, 0.15) is 11.2 Å². The van der Waals surface area contributed by atoms with Crippen molar-refractivity contribution >= 4 is 23.8 Å². The Balaban J connectivity index is 1.93. The molecule has 1 atom stereocenters. The van der Waals surface area contributed by atoms with Crippen LogP contribution in [0.5, 0.6) is 5.75 Å². The van der Waals surface area contributed by atoms with Crippen LogP contribution in [-0.4, -0.2) is 24.9 Å². The van der Waals surface area contributed by atoms with Gasteiger partial charge in [-0.1, -0.05) is 84.4 Å². The van der Waals surface area contributed by atoms with E-state index >= 15 is 0 Å². The van der Waals surface area contributed by atoms with Gasteiger partial charge in [0.2, 0.25) is 0 Å². The Bertz CT molecular complexity index is 1580. The molecule has 0 saturated heterocycles. The van der Waals surface area contributed by atoms with E-state index in [1.54, 1.807) is 7.11 Å². The van der Waals surface area contributed by atoms with Crippen molar-refractivity contribution in [3.63, 3.8) is 0 Å². The molecule has 5 aromatic rings. The van der Waals surface area contributed by atoms with Crippen molar-refractivity contribution in [1.29, 1.82) is 0 Å². The number of nitrogens with zero attached hydrogens (tertiary/aromatic N) is 1. The molecule has 0 N–H and O–H groups in total. The number of rotatable bonds is 10. The number of hydrogen-bond donors (Lipinski definition) is 0. The molecule has 1 aromatic heterocycles. The van der Waals surface area contributed by atoms with Crippen molar-refractivity contribution in [1.82, 2.24) is 4.57 Å². The fourth-order valence-corrected chi connectivity index (χ4v) is 7.17. The Labute approximate surface area is 230 Å². The van der Waals surface area contributed by atoms with E-state index in [2.05, 4.69) is 78.2 Å². The number of aromatic nitrogens is 1. The quantitative estimate of drug-likeness (QED) is 0.169. The summed E-state index contributed by atoms with van der Waals surface area (Å²) in [7, 11) is -2.03. The highest BCUT2D eigenvalue weighted by Crippen LogP contribution is 2.52. The van der Waals surface area contributed by atoms with Crippen LogP contribution in [0.3, 0.4) is 0 Å². The molecule has 0 aliphatic carbocycles. The van der Waals surface area contributed by atoms with Gasteiger partial charge in [-0.05, 0) is 56.2 Å². The molecule has 0 aliphatic heterocycles. The molecule has 0 spiro atoms. The lowest BCUT2D eigenvalue weighted by molar-refractivity contribution is 0.229. The molecule has 0 fully saturated rings. The maximum absolute atomic E-state index is 14.6. The first-order valence-electron chi connectivity index (χ1n) is 13.3. The van der Waals surface area contributed by atoms with E-state index in [9.17, 15) is 4.57 Å². The van der Waals surface area contributed by atoms with Crippen LogP contribution in [0.15, 0.2) is 103 Å². The highest BCUT2D eigenvalue weighted by atomic mass is 31.2. The van der Waals surface area contributed by atoms with E-state index in [0.717, 1.165) is 44.6 Å². The smallest absolute Gasteiger partial charge is 0.378 e. The second-order valence-corrected chi connectivity index (χ2v) is 11.3. The van der Waals surface area contributed by atoms with Gasteiger partial charge in [0.25, 0.3) is 0 Å². The number of aryl methyl sites for hydroxylation is 1. The molecule has 0 amide bonds. The standard InChI is InChI=1S/C33H34NO4P/c1-5-37-39(35,38-6-2)33-30-15-11-10-14-29(30)32(34(33)27-20-16-24(3)17-21-27)31(25-12-8-7-9-13-25)26-18-22-28(36-4)23-19-26/h7-23,31H,5-6H2,1-4H3. The van der Waals surface area contributed by atoms with Gasteiger partial charge in [-0.2, -0.15) is 0 Å². The minimum atomic E-state index is -3.70. The van der Waals surface area contributed by atoms with Crippen LogP contribution in [0.2, 0.25) is 0 Å². The van der Waals surface area contributed by atoms with Crippen LogP contribution < -0.4 is 10.2 Å². The molecular weight excluding hydrogens is 505 g/mol. The van der Waals surface area contributed by atoms with Gasteiger partial charge in [-0.25, -0.2) is 0 Å². The zero-order chi connectivity index (χ0) is 27.4. The third kappa shape index (κ3) is 5.18. The predicted octanol–water partition coefficient (Wildman–Crippen LogP) is 8.02. The fraction of sp³-hybridized carbons (Fsp3) is 0.212. The van der Waals surface area contributed by atoms with Crippen molar-refractivity contribution < 1.29 is 18.3 Å². The van der Waals surface area contributed by atoms with Crippen molar-refractivity contribution in [3.8, 4) is 11.4 Å². The number of fused-ring (bicyclic) bond motifs is 1. The van der Waals surface area contributed by atoms with Crippen molar-refractivity contribution in [2.45, 2.75) is 26.7 Å².